The van der Waals surface area contributed by atoms with Crippen molar-refractivity contribution in [1.82, 2.24) is 4.98 Å². The molecule has 1 rings (SSSR count). The van der Waals surface area contributed by atoms with Crippen molar-refractivity contribution in [1.29, 1.82) is 0 Å². The number of unbranched alkanes of at least 4 members (excludes halogenated alkanes) is 1. The third-order valence-electron chi connectivity index (χ3n) is 2.47. The van der Waals surface area contributed by atoms with Crippen molar-refractivity contribution in [2.45, 2.75) is 39.2 Å². The average Bonchev–Trinajstić information content (AvgIpc) is 2.28. The maximum Gasteiger partial charge on any atom is 0.241 e. The summed E-state index contributed by atoms with van der Waals surface area (Å²) in [5.74, 6) is -0.135. The second-order valence-electron chi connectivity index (χ2n) is 3.87. The van der Waals surface area contributed by atoms with E-state index in [1.54, 1.807) is 12.3 Å². The number of pyridine rings is 1. The van der Waals surface area contributed by atoms with Gasteiger partial charge in [-0.25, -0.2) is 0 Å². The molecule has 0 radical (unpaired) electrons. The Morgan fingerprint density at radius 2 is 2.38 bits per heavy atom. The molecule has 0 aliphatic carbocycles. The van der Waals surface area contributed by atoms with Gasteiger partial charge in [-0.05, 0) is 25.5 Å². The molecule has 1 aromatic heterocycles. The molecule has 1 aromatic rings. The van der Waals surface area contributed by atoms with Gasteiger partial charge in [0.05, 0.1) is 17.4 Å². The molecule has 16 heavy (non-hydrogen) atoms. The highest BCUT2D eigenvalue weighted by molar-refractivity contribution is 5.95. The molecule has 0 saturated heterocycles. The molecule has 88 valence electrons. The summed E-state index contributed by atoms with van der Waals surface area (Å²) in [6, 6.07) is 3.19. The van der Waals surface area contributed by atoms with Gasteiger partial charge in [-0.2, -0.15) is 0 Å². The minimum Gasteiger partial charge on any atom is -0.323 e. The Kier molecular flexibility index (Phi) is 4.92. The fourth-order valence-corrected chi connectivity index (χ4v) is 1.40. The molecule has 1 atom stereocenters. The van der Waals surface area contributed by atoms with Gasteiger partial charge in [0.15, 0.2) is 0 Å². The van der Waals surface area contributed by atoms with Gasteiger partial charge in [0.2, 0.25) is 5.91 Å². The first-order valence-electron chi connectivity index (χ1n) is 5.63. The third-order valence-corrected chi connectivity index (χ3v) is 2.47. The van der Waals surface area contributed by atoms with Gasteiger partial charge in [-0.3, -0.25) is 9.78 Å². The Hall–Kier alpha value is -1.42. The molecule has 4 nitrogen and oxygen atoms in total. The molecule has 1 amide bonds. The SMILES string of the molecule is CCCCC(N)C(=O)Nc1cccnc1C. The molecule has 1 unspecified atom stereocenters. The third kappa shape index (κ3) is 3.62. The fourth-order valence-electron chi connectivity index (χ4n) is 1.40. The molecule has 0 spiro atoms. The van der Waals surface area contributed by atoms with Crippen LogP contribution in [0, 0.1) is 6.92 Å². The van der Waals surface area contributed by atoms with Crippen LogP contribution in [0.5, 0.6) is 0 Å². The van der Waals surface area contributed by atoms with Crippen molar-refractivity contribution in [2.75, 3.05) is 5.32 Å². The summed E-state index contributed by atoms with van der Waals surface area (Å²) in [4.78, 5) is 15.8. The summed E-state index contributed by atoms with van der Waals surface area (Å²) in [7, 11) is 0. The predicted octanol–water partition coefficient (Wildman–Crippen LogP) is 1.85. The molecule has 0 aromatic carbocycles. The number of aryl methyl sites for hydroxylation is 1. The fraction of sp³-hybridized carbons (Fsp3) is 0.500. The number of amides is 1. The van der Waals surface area contributed by atoms with Crippen LogP contribution in [0.4, 0.5) is 5.69 Å². The number of nitrogens with two attached hydrogens (primary N) is 1. The largest absolute Gasteiger partial charge is 0.323 e. The molecule has 0 aliphatic heterocycles. The summed E-state index contributed by atoms with van der Waals surface area (Å²) in [6.07, 6.45) is 4.44. The zero-order chi connectivity index (χ0) is 12.0. The smallest absolute Gasteiger partial charge is 0.241 e. The van der Waals surface area contributed by atoms with Crippen molar-refractivity contribution in [3.8, 4) is 0 Å². The lowest BCUT2D eigenvalue weighted by atomic mass is 10.1. The van der Waals surface area contributed by atoms with E-state index < -0.39 is 6.04 Å². The number of carbonyl (C=O) groups excluding carboxylic acids is 1. The van der Waals surface area contributed by atoms with Gasteiger partial charge in [0, 0.05) is 6.20 Å². The van der Waals surface area contributed by atoms with E-state index in [4.69, 9.17) is 5.73 Å². The molecule has 0 bridgehead atoms. The first-order chi connectivity index (χ1) is 7.65. The van der Waals surface area contributed by atoms with Gasteiger partial charge < -0.3 is 11.1 Å². The summed E-state index contributed by atoms with van der Waals surface area (Å²) >= 11 is 0. The first-order valence-corrected chi connectivity index (χ1v) is 5.63. The Morgan fingerprint density at radius 3 is 3.00 bits per heavy atom. The Morgan fingerprint density at radius 1 is 1.62 bits per heavy atom. The molecule has 0 fully saturated rings. The van der Waals surface area contributed by atoms with Gasteiger partial charge in [0.25, 0.3) is 0 Å². The molecular weight excluding hydrogens is 202 g/mol. The second kappa shape index (κ2) is 6.23. The highest BCUT2D eigenvalue weighted by Gasteiger charge is 2.13. The molecule has 1 heterocycles. The Labute approximate surface area is 96.3 Å². The van der Waals surface area contributed by atoms with E-state index in [1.807, 2.05) is 13.0 Å². The highest BCUT2D eigenvalue weighted by atomic mass is 16.2. The molecule has 0 saturated carbocycles. The zero-order valence-corrected chi connectivity index (χ0v) is 9.86. The Bertz CT molecular complexity index is 352. The summed E-state index contributed by atoms with van der Waals surface area (Å²) in [6.45, 7) is 3.93. The standard InChI is InChI=1S/C12H19N3O/c1-3-4-6-10(13)12(16)15-11-7-5-8-14-9(11)2/h5,7-8,10H,3-4,6,13H2,1-2H3,(H,15,16). The number of aromatic nitrogens is 1. The van der Waals surface area contributed by atoms with E-state index in [1.165, 1.54) is 0 Å². The minimum atomic E-state index is -0.431. The number of carbonyl (C=O) groups is 1. The number of rotatable bonds is 5. The summed E-state index contributed by atoms with van der Waals surface area (Å²) in [5.41, 5.74) is 7.31. The first kappa shape index (κ1) is 12.6. The van der Waals surface area contributed by atoms with Crippen LogP contribution >= 0.6 is 0 Å². The second-order valence-corrected chi connectivity index (χ2v) is 3.87. The van der Waals surface area contributed by atoms with Crippen molar-refractivity contribution in [3.63, 3.8) is 0 Å². The number of hydrogen-bond acceptors (Lipinski definition) is 3. The number of nitrogens with zero attached hydrogens (tertiary/aromatic N) is 1. The van der Waals surface area contributed by atoms with Gasteiger partial charge in [-0.1, -0.05) is 19.8 Å². The maximum atomic E-state index is 11.7. The molecule has 3 N–H and O–H groups in total. The number of nitrogens with one attached hydrogen (secondary N) is 1. The van der Waals surface area contributed by atoms with Crippen LogP contribution in [-0.4, -0.2) is 16.9 Å². The average molecular weight is 221 g/mol. The van der Waals surface area contributed by atoms with E-state index in [2.05, 4.69) is 17.2 Å². The normalized spacial score (nSPS) is 12.2. The van der Waals surface area contributed by atoms with Crippen LogP contribution in [0.1, 0.15) is 31.9 Å². The van der Waals surface area contributed by atoms with Gasteiger partial charge >= 0.3 is 0 Å². The molecular formula is C12H19N3O. The van der Waals surface area contributed by atoms with E-state index in [0.717, 1.165) is 30.6 Å². The zero-order valence-electron chi connectivity index (χ0n) is 9.86. The van der Waals surface area contributed by atoms with E-state index in [-0.39, 0.29) is 5.91 Å². The monoisotopic (exact) mass is 221 g/mol. The lowest BCUT2D eigenvalue weighted by Crippen LogP contribution is -2.35. The minimum absolute atomic E-state index is 0.135. The van der Waals surface area contributed by atoms with Crippen LogP contribution in [0.3, 0.4) is 0 Å². The highest BCUT2D eigenvalue weighted by Crippen LogP contribution is 2.11. The lowest BCUT2D eigenvalue weighted by Gasteiger charge is -2.12. The topological polar surface area (TPSA) is 68.0 Å². The summed E-state index contributed by atoms with van der Waals surface area (Å²) < 4.78 is 0. The van der Waals surface area contributed by atoms with Crippen molar-refractivity contribution in [3.05, 3.63) is 24.0 Å². The van der Waals surface area contributed by atoms with Gasteiger partial charge in [-0.15, -0.1) is 0 Å². The Balaban J connectivity index is 2.54. The van der Waals surface area contributed by atoms with Crippen molar-refractivity contribution in [2.24, 2.45) is 5.73 Å². The van der Waals surface area contributed by atoms with E-state index in [9.17, 15) is 4.79 Å². The van der Waals surface area contributed by atoms with Crippen LogP contribution < -0.4 is 11.1 Å². The van der Waals surface area contributed by atoms with Gasteiger partial charge in [0.1, 0.15) is 0 Å². The predicted molar refractivity (Wildman–Crippen MR) is 65.1 cm³/mol. The van der Waals surface area contributed by atoms with Crippen LogP contribution in [0.15, 0.2) is 18.3 Å². The maximum absolute atomic E-state index is 11.7. The van der Waals surface area contributed by atoms with E-state index in [0.29, 0.717) is 0 Å². The van der Waals surface area contributed by atoms with Crippen LogP contribution in [0.2, 0.25) is 0 Å². The lowest BCUT2D eigenvalue weighted by molar-refractivity contribution is -0.117. The molecule has 0 aliphatic rings. The molecule has 4 heteroatoms. The van der Waals surface area contributed by atoms with Crippen LogP contribution in [-0.2, 0) is 4.79 Å². The number of hydrogen-bond donors (Lipinski definition) is 2. The quantitative estimate of drug-likeness (QED) is 0.797. The van der Waals surface area contributed by atoms with E-state index >= 15 is 0 Å². The van der Waals surface area contributed by atoms with Crippen LogP contribution in [0.25, 0.3) is 0 Å². The summed E-state index contributed by atoms with van der Waals surface area (Å²) in [5, 5.41) is 2.79. The van der Waals surface area contributed by atoms with Crippen molar-refractivity contribution < 1.29 is 4.79 Å². The number of anilines is 1. The van der Waals surface area contributed by atoms with Crippen molar-refractivity contribution >= 4 is 11.6 Å².